The number of benzene rings is 2. The molecule has 21 heavy (non-hydrogen) atoms. The lowest BCUT2D eigenvalue weighted by Gasteiger charge is -2.17. The third kappa shape index (κ3) is 2.54. The van der Waals surface area contributed by atoms with Crippen LogP contribution >= 0.6 is 11.3 Å². The van der Waals surface area contributed by atoms with Crippen LogP contribution in [0.25, 0.3) is 10.1 Å². The van der Waals surface area contributed by atoms with E-state index in [-0.39, 0.29) is 5.56 Å². The summed E-state index contributed by atoms with van der Waals surface area (Å²) in [5, 5.41) is 12.9. The number of halogens is 3. The first kappa shape index (κ1) is 14.1. The third-order valence-electron chi connectivity index (χ3n) is 3.37. The van der Waals surface area contributed by atoms with Crippen molar-refractivity contribution in [1.29, 1.82) is 0 Å². The van der Waals surface area contributed by atoms with Gasteiger partial charge in [-0.2, -0.15) is 13.2 Å². The zero-order valence-electron chi connectivity index (χ0n) is 10.8. The SMILES string of the molecule is OC(c1ccccc1C(F)(F)F)c1csc2ccccc12. The summed E-state index contributed by atoms with van der Waals surface area (Å²) in [7, 11) is 0. The molecule has 0 aliphatic carbocycles. The van der Waals surface area contributed by atoms with Crippen LogP contribution in [0.4, 0.5) is 13.2 Å². The monoisotopic (exact) mass is 308 g/mol. The van der Waals surface area contributed by atoms with Crippen LogP contribution < -0.4 is 0 Å². The van der Waals surface area contributed by atoms with Gasteiger partial charge >= 0.3 is 6.18 Å². The van der Waals surface area contributed by atoms with Crippen molar-refractivity contribution in [2.24, 2.45) is 0 Å². The lowest BCUT2D eigenvalue weighted by molar-refractivity contribution is -0.139. The highest BCUT2D eigenvalue weighted by Gasteiger charge is 2.35. The molecule has 5 heteroatoms. The Bertz CT molecular complexity index is 776. The van der Waals surface area contributed by atoms with E-state index in [9.17, 15) is 18.3 Å². The average Bonchev–Trinajstić information content (AvgIpc) is 2.89. The summed E-state index contributed by atoms with van der Waals surface area (Å²) in [6, 6.07) is 12.5. The van der Waals surface area contributed by atoms with Crippen LogP contribution in [0.15, 0.2) is 53.9 Å². The van der Waals surface area contributed by atoms with E-state index in [2.05, 4.69) is 0 Å². The zero-order chi connectivity index (χ0) is 15.0. The minimum Gasteiger partial charge on any atom is -0.384 e. The van der Waals surface area contributed by atoms with Crippen LogP contribution in [0.1, 0.15) is 22.8 Å². The van der Waals surface area contributed by atoms with Crippen molar-refractivity contribution in [3.63, 3.8) is 0 Å². The van der Waals surface area contributed by atoms with E-state index in [0.29, 0.717) is 5.56 Å². The number of rotatable bonds is 2. The topological polar surface area (TPSA) is 20.2 Å². The second-order valence-corrected chi connectivity index (χ2v) is 5.59. The van der Waals surface area contributed by atoms with Gasteiger partial charge in [0.05, 0.1) is 5.56 Å². The first-order valence-corrected chi connectivity index (χ1v) is 7.17. The van der Waals surface area contributed by atoms with E-state index in [4.69, 9.17) is 0 Å². The number of hydrogen-bond donors (Lipinski definition) is 1. The van der Waals surface area contributed by atoms with Gasteiger partial charge in [0, 0.05) is 10.3 Å². The van der Waals surface area contributed by atoms with E-state index in [1.165, 1.54) is 29.5 Å². The molecule has 2 aromatic carbocycles. The normalized spacial score (nSPS) is 13.5. The van der Waals surface area contributed by atoms with E-state index in [0.717, 1.165) is 16.2 Å². The molecule has 0 aliphatic rings. The molecule has 1 aromatic heterocycles. The highest BCUT2D eigenvalue weighted by Crippen LogP contribution is 2.39. The van der Waals surface area contributed by atoms with Crippen LogP contribution in [0.2, 0.25) is 0 Å². The number of alkyl halides is 3. The van der Waals surface area contributed by atoms with Crippen molar-refractivity contribution in [3.05, 3.63) is 70.6 Å². The predicted octanol–water partition coefficient (Wildman–Crippen LogP) is 5.00. The fraction of sp³-hybridized carbons (Fsp3) is 0.125. The Balaban J connectivity index is 2.13. The second kappa shape index (κ2) is 5.16. The smallest absolute Gasteiger partial charge is 0.384 e. The molecule has 0 saturated heterocycles. The fourth-order valence-corrected chi connectivity index (χ4v) is 3.35. The molecular weight excluding hydrogens is 297 g/mol. The molecule has 1 nitrogen and oxygen atoms in total. The molecule has 0 fully saturated rings. The maximum Gasteiger partial charge on any atom is 0.416 e. The Morgan fingerprint density at radius 3 is 2.33 bits per heavy atom. The first-order chi connectivity index (χ1) is 9.98. The summed E-state index contributed by atoms with van der Waals surface area (Å²) in [5.74, 6) is 0. The summed E-state index contributed by atoms with van der Waals surface area (Å²) in [5.41, 5.74) is -0.409. The Morgan fingerprint density at radius 1 is 0.905 bits per heavy atom. The Hall–Kier alpha value is -1.85. The van der Waals surface area contributed by atoms with Crippen LogP contribution in [0, 0.1) is 0 Å². The molecule has 0 spiro atoms. The maximum atomic E-state index is 13.1. The number of thiophene rings is 1. The third-order valence-corrected chi connectivity index (χ3v) is 4.35. The van der Waals surface area contributed by atoms with Crippen molar-refractivity contribution >= 4 is 21.4 Å². The molecule has 108 valence electrons. The number of aliphatic hydroxyl groups excluding tert-OH is 1. The molecule has 1 heterocycles. The van der Waals surface area contributed by atoms with E-state index < -0.39 is 17.8 Å². The molecule has 3 aromatic rings. The fourth-order valence-electron chi connectivity index (χ4n) is 2.37. The average molecular weight is 308 g/mol. The van der Waals surface area contributed by atoms with Crippen molar-refractivity contribution in [2.45, 2.75) is 12.3 Å². The molecule has 0 bridgehead atoms. The van der Waals surface area contributed by atoms with E-state index in [1.807, 2.05) is 12.1 Å². The predicted molar refractivity (Wildman–Crippen MR) is 77.3 cm³/mol. The van der Waals surface area contributed by atoms with Crippen LogP contribution in [0.3, 0.4) is 0 Å². The number of hydrogen-bond acceptors (Lipinski definition) is 2. The Morgan fingerprint density at radius 2 is 1.57 bits per heavy atom. The Labute approximate surface area is 123 Å². The van der Waals surface area contributed by atoms with Crippen molar-refractivity contribution in [3.8, 4) is 0 Å². The largest absolute Gasteiger partial charge is 0.416 e. The first-order valence-electron chi connectivity index (χ1n) is 6.29. The minimum absolute atomic E-state index is 0.117. The summed E-state index contributed by atoms with van der Waals surface area (Å²) in [6.45, 7) is 0. The van der Waals surface area contributed by atoms with Crippen molar-refractivity contribution in [1.82, 2.24) is 0 Å². The standard InChI is InChI=1S/C16H11F3OS/c17-16(18,19)13-7-3-1-6-11(13)15(20)12-9-21-14-8-4-2-5-10(12)14/h1-9,15,20H. The molecule has 1 N–H and O–H groups in total. The molecule has 0 aliphatic heterocycles. The molecule has 1 atom stereocenters. The second-order valence-electron chi connectivity index (χ2n) is 4.67. The molecule has 0 amide bonds. The minimum atomic E-state index is -4.48. The molecular formula is C16H11F3OS. The van der Waals surface area contributed by atoms with Gasteiger partial charge in [-0.25, -0.2) is 0 Å². The molecule has 1 unspecified atom stereocenters. The van der Waals surface area contributed by atoms with Gasteiger partial charge in [-0.3, -0.25) is 0 Å². The van der Waals surface area contributed by atoms with Gasteiger partial charge in [-0.1, -0.05) is 36.4 Å². The zero-order valence-corrected chi connectivity index (χ0v) is 11.6. The Kier molecular flexibility index (Phi) is 3.47. The van der Waals surface area contributed by atoms with Gasteiger partial charge in [0.1, 0.15) is 6.10 Å². The van der Waals surface area contributed by atoms with Gasteiger partial charge < -0.3 is 5.11 Å². The van der Waals surface area contributed by atoms with Crippen LogP contribution in [-0.4, -0.2) is 5.11 Å². The number of aliphatic hydroxyl groups is 1. The molecule has 3 rings (SSSR count). The summed E-state index contributed by atoms with van der Waals surface area (Å²) < 4.78 is 40.1. The molecule has 0 radical (unpaired) electrons. The summed E-state index contributed by atoms with van der Waals surface area (Å²) in [4.78, 5) is 0. The van der Waals surface area contributed by atoms with Crippen LogP contribution in [-0.2, 0) is 6.18 Å². The van der Waals surface area contributed by atoms with Gasteiger partial charge in [0.15, 0.2) is 0 Å². The quantitative estimate of drug-likeness (QED) is 0.706. The van der Waals surface area contributed by atoms with E-state index >= 15 is 0 Å². The van der Waals surface area contributed by atoms with Crippen molar-refractivity contribution in [2.75, 3.05) is 0 Å². The van der Waals surface area contributed by atoms with Gasteiger partial charge in [-0.15, -0.1) is 11.3 Å². The lowest BCUT2D eigenvalue weighted by atomic mass is 9.96. The van der Waals surface area contributed by atoms with Gasteiger partial charge in [0.2, 0.25) is 0 Å². The summed E-state index contributed by atoms with van der Waals surface area (Å²) >= 11 is 1.41. The van der Waals surface area contributed by atoms with Gasteiger partial charge in [-0.05, 0) is 28.5 Å². The summed E-state index contributed by atoms with van der Waals surface area (Å²) in [6.07, 6.45) is -5.78. The van der Waals surface area contributed by atoms with Crippen LogP contribution in [0.5, 0.6) is 0 Å². The van der Waals surface area contributed by atoms with Crippen molar-refractivity contribution < 1.29 is 18.3 Å². The highest BCUT2D eigenvalue weighted by atomic mass is 32.1. The van der Waals surface area contributed by atoms with E-state index in [1.54, 1.807) is 17.5 Å². The lowest BCUT2D eigenvalue weighted by Crippen LogP contribution is -2.12. The highest BCUT2D eigenvalue weighted by molar-refractivity contribution is 7.17. The van der Waals surface area contributed by atoms with Gasteiger partial charge in [0.25, 0.3) is 0 Å². The number of fused-ring (bicyclic) bond motifs is 1. The molecule has 0 saturated carbocycles. The maximum absolute atomic E-state index is 13.1.